The van der Waals surface area contributed by atoms with Crippen molar-refractivity contribution in [1.82, 2.24) is 4.90 Å². The summed E-state index contributed by atoms with van der Waals surface area (Å²) in [5, 5.41) is 8.85. The van der Waals surface area contributed by atoms with Gasteiger partial charge in [-0.15, -0.1) is 0 Å². The lowest BCUT2D eigenvalue weighted by Gasteiger charge is -2.20. The highest BCUT2D eigenvalue weighted by Gasteiger charge is 2.48. The van der Waals surface area contributed by atoms with Crippen molar-refractivity contribution in [3.05, 3.63) is 35.4 Å². The smallest absolute Gasteiger partial charge is 0.323 e. The molecular formula is C15H17F2NO4. The van der Waals surface area contributed by atoms with Crippen LogP contribution in [0.5, 0.6) is 0 Å². The molecule has 0 unspecified atom stereocenters. The summed E-state index contributed by atoms with van der Waals surface area (Å²) in [7, 11) is 1.44. The van der Waals surface area contributed by atoms with E-state index in [1.807, 2.05) is 0 Å². The summed E-state index contributed by atoms with van der Waals surface area (Å²) in [6.45, 7) is -0.125. The molecule has 1 aliphatic carbocycles. The summed E-state index contributed by atoms with van der Waals surface area (Å²) in [6.07, 6.45) is 0.319. The number of carboxylic acids is 1. The van der Waals surface area contributed by atoms with Crippen molar-refractivity contribution in [2.24, 2.45) is 5.92 Å². The van der Waals surface area contributed by atoms with Gasteiger partial charge in [0.05, 0.1) is 6.61 Å². The molecule has 1 amide bonds. The molecule has 0 radical (unpaired) electrons. The second-order valence-corrected chi connectivity index (χ2v) is 5.23. The minimum atomic E-state index is -1.14. The molecule has 0 spiro atoms. The van der Waals surface area contributed by atoms with Crippen LogP contribution in [0.1, 0.15) is 17.9 Å². The van der Waals surface area contributed by atoms with E-state index in [-0.39, 0.29) is 18.7 Å². The van der Waals surface area contributed by atoms with Gasteiger partial charge in [-0.2, -0.15) is 0 Å². The molecule has 2 atom stereocenters. The number of carbonyl (C=O) groups excluding carboxylic acids is 1. The maximum Gasteiger partial charge on any atom is 0.323 e. The molecule has 2 rings (SSSR count). The fourth-order valence-electron chi connectivity index (χ4n) is 2.52. The number of nitrogens with zero attached hydrogens (tertiary/aromatic N) is 1. The molecule has 1 saturated carbocycles. The van der Waals surface area contributed by atoms with Crippen molar-refractivity contribution in [3.8, 4) is 0 Å². The average Bonchev–Trinajstić information content (AvgIpc) is 3.22. The van der Waals surface area contributed by atoms with Crippen LogP contribution in [0.25, 0.3) is 0 Å². The Morgan fingerprint density at radius 1 is 1.36 bits per heavy atom. The second kappa shape index (κ2) is 6.83. The van der Waals surface area contributed by atoms with Crippen LogP contribution in [0.4, 0.5) is 8.78 Å². The van der Waals surface area contributed by atoms with E-state index >= 15 is 0 Å². The first kappa shape index (κ1) is 16.4. The van der Waals surface area contributed by atoms with Gasteiger partial charge in [0.2, 0.25) is 5.91 Å². The molecule has 0 saturated heterocycles. The summed E-state index contributed by atoms with van der Waals surface area (Å²) < 4.78 is 32.3. The van der Waals surface area contributed by atoms with Gasteiger partial charge >= 0.3 is 5.97 Å². The predicted octanol–water partition coefficient (Wildman–Crippen LogP) is 1.63. The molecule has 120 valence electrons. The molecule has 1 aromatic carbocycles. The van der Waals surface area contributed by atoms with Gasteiger partial charge in [-0.3, -0.25) is 9.59 Å². The molecule has 5 nitrogen and oxygen atoms in total. The Morgan fingerprint density at radius 2 is 2.00 bits per heavy atom. The van der Waals surface area contributed by atoms with E-state index in [9.17, 15) is 18.4 Å². The van der Waals surface area contributed by atoms with E-state index < -0.39 is 41.9 Å². The number of ether oxygens (including phenoxy) is 1. The summed E-state index contributed by atoms with van der Waals surface area (Å²) in [4.78, 5) is 24.3. The average molecular weight is 313 g/mol. The van der Waals surface area contributed by atoms with Gasteiger partial charge in [0.15, 0.2) is 0 Å². The fourth-order valence-corrected chi connectivity index (χ4v) is 2.52. The standard InChI is InChI=1S/C15H17F2NO4/c1-22-6-5-18(8-13(19)20)15(21)10-7-9(10)14-11(16)3-2-4-12(14)17/h2-4,9-10H,5-8H2,1H3,(H,19,20)/t9-,10-/m1/s1. The Hall–Kier alpha value is -2.02. The van der Waals surface area contributed by atoms with Crippen LogP contribution in [-0.4, -0.2) is 48.7 Å². The Balaban J connectivity index is 2.08. The van der Waals surface area contributed by atoms with Gasteiger partial charge in [-0.25, -0.2) is 8.78 Å². The monoisotopic (exact) mass is 313 g/mol. The molecule has 0 aliphatic heterocycles. The maximum atomic E-state index is 13.7. The lowest BCUT2D eigenvalue weighted by atomic mass is 10.1. The Morgan fingerprint density at radius 3 is 2.55 bits per heavy atom. The predicted molar refractivity (Wildman–Crippen MR) is 73.3 cm³/mol. The van der Waals surface area contributed by atoms with Crippen molar-refractivity contribution in [2.45, 2.75) is 12.3 Å². The van der Waals surface area contributed by atoms with Gasteiger partial charge in [-0.1, -0.05) is 6.07 Å². The third-order valence-corrected chi connectivity index (χ3v) is 3.68. The highest BCUT2D eigenvalue weighted by Crippen LogP contribution is 2.50. The van der Waals surface area contributed by atoms with Gasteiger partial charge in [0, 0.05) is 31.1 Å². The summed E-state index contributed by atoms with van der Waals surface area (Å²) in [6, 6.07) is 3.57. The fraction of sp³-hybridized carbons (Fsp3) is 0.467. The minimum Gasteiger partial charge on any atom is -0.480 e. The summed E-state index contributed by atoms with van der Waals surface area (Å²) in [5.41, 5.74) is -0.0946. The Kier molecular flexibility index (Phi) is 5.07. The first-order valence-electron chi connectivity index (χ1n) is 6.89. The molecular weight excluding hydrogens is 296 g/mol. The quantitative estimate of drug-likeness (QED) is 0.831. The summed E-state index contributed by atoms with van der Waals surface area (Å²) in [5.74, 6) is -4.02. The Labute approximate surface area is 126 Å². The second-order valence-electron chi connectivity index (χ2n) is 5.23. The van der Waals surface area contributed by atoms with Gasteiger partial charge < -0.3 is 14.7 Å². The molecule has 1 aliphatic rings. The number of rotatable bonds is 7. The zero-order chi connectivity index (χ0) is 16.3. The molecule has 1 aromatic rings. The molecule has 0 aromatic heterocycles. The van der Waals surface area contributed by atoms with E-state index in [1.54, 1.807) is 0 Å². The van der Waals surface area contributed by atoms with Crippen molar-refractivity contribution in [2.75, 3.05) is 26.8 Å². The molecule has 1 N–H and O–H groups in total. The number of carbonyl (C=O) groups is 2. The number of carboxylic acid groups (broad SMARTS) is 1. The minimum absolute atomic E-state index is 0.0946. The molecule has 0 heterocycles. The van der Waals surface area contributed by atoms with Crippen LogP contribution in [0.15, 0.2) is 18.2 Å². The maximum absolute atomic E-state index is 13.7. The van der Waals surface area contributed by atoms with E-state index in [4.69, 9.17) is 9.84 Å². The highest BCUT2D eigenvalue weighted by molar-refractivity contribution is 5.86. The zero-order valence-electron chi connectivity index (χ0n) is 12.1. The number of benzene rings is 1. The van der Waals surface area contributed by atoms with Crippen LogP contribution < -0.4 is 0 Å². The van der Waals surface area contributed by atoms with E-state index in [1.165, 1.54) is 13.2 Å². The van der Waals surface area contributed by atoms with Gasteiger partial charge in [-0.05, 0) is 18.6 Å². The number of halogens is 2. The largest absolute Gasteiger partial charge is 0.480 e. The van der Waals surface area contributed by atoms with Gasteiger partial charge in [0.1, 0.15) is 18.2 Å². The van der Waals surface area contributed by atoms with Crippen molar-refractivity contribution in [3.63, 3.8) is 0 Å². The topological polar surface area (TPSA) is 66.8 Å². The molecule has 1 fully saturated rings. The molecule has 7 heteroatoms. The van der Waals surface area contributed by atoms with E-state index in [0.717, 1.165) is 17.0 Å². The van der Waals surface area contributed by atoms with Crippen molar-refractivity contribution < 1.29 is 28.2 Å². The first-order chi connectivity index (χ1) is 10.5. The van der Waals surface area contributed by atoms with Gasteiger partial charge in [0.25, 0.3) is 0 Å². The van der Waals surface area contributed by atoms with Crippen molar-refractivity contribution >= 4 is 11.9 Å². The third kappa shape index (κ3) is 3.59. The molecule has 0 bridgehead atoms. The third-order valence-electron chi connectivity index (χ3n) is 3.68. The Bertz CT molecular complexity index is 558. The molecule has 22 heavy (non-hydrogen) atoms. The van der Waals surface area contributed by atoms with E-state index in [0.29, 0.717) is 6.42 Å². The SMILES string of the molecule is COCCN(CC(=O)O)C(=O)[C@@H]1C[C@H]1c1c(F)cccc1F. The van der Waals surface area contributed by atoms with Crippen LogP contribution >= 0.6 is 0 Å². The number of methoxy groups -OCH3 is 1. The number of aliphatic carboxylic acids is 1. The van der Waals surface area contributed by atoms with Crippen LogP contribution in [-0.2, 0) is 14.3 Å². The van der Waals surface area contributed by atoms with Crippen LogP contribution in [0.3, 0.4) is 0 Å². The highest BCUT2D eigenvalue weighted by atomic mass is 19.1. The number of amides is 1. The number of hydrogen-bond donors (Lipinski definition) is 1. The van der Waals surface area contributed by atoms with Crippen LogP contribution in [0.2, 0.25) is 0 Å². The number of hydrogen-bond acceptors (Lipinski definition) is 3. The van der Waals surface area contributed by atoms with Crippen LogP contribution in [0, 0.1) is 17.6 Å². The lowest BCUT2D eigenvalue weighted by molar-refractivity contribution is -0.145. The van der Waals surface area contributed by atoms with Crippen molar-refractivity contribution in [1.29, 1.82) is 0 Å². The summed E-state index contributed by atoms with van der Waals surface area (Å²) >= 11 is 0. The zero-order valence-corrected chi connectivity index (χ0v) is 12.1. The lowest BCUT2D eigenvalue weighted by Crippen LogP contribution is -2.39. The van der Waals surface area contributed by atoms with E-state index in [2.05, 4.69) is 0 Å². The normalized spacial score (nSPS) is 19.8. The first-order valence-corrected chi connectivity index (χ1v) is 6.89.